The highest BCUT2D eigenvalue weighted by molar-refractivity contribution is 7.17. The molecule has 1 aromatic carbocycles. The molecule has 1 atom stereocenters. The van der Waals surface area contributed by atoms with Crippen LogP contribution in [0.5, 0.6) is 0 Å². The molecule has 0 aliphatic carbocycles. The standard InChI is InChI=1S/C28H33N5OS/c1-2-3-6-21(17-22-19-30-25-8-5-4-7-24(22)25)18-26(34)27-20-31-28(35-27)33-15-13-32(14-16-33)23-9-11-29-12-10-23/h4-5,7-12,19-21,30H,2-3,6,13-18H2,1H3. The fraction of sp³-hybridized carbons (Fsp3) is 0.393. The van der Waals surface area contributed by atoms with Gasteiger partial charge in [0.15, 0.2) is 10.9 Å². The molecule has 0 spiro atoms. The number of rotatable bonds is 10. The summed E-state index contributed by atoms with van der Waals surface area (Å²) in [6, 6.07) is 12.5. The molecule has 0 amide bonds. The van der Waals surface area contributed by atoms with Crippen molar-refractivity contribution in [3.05, 3.63) is 71.6 Å². The number of benzene rings is 1. The molecule has 1 unspecified atom stereocenters. The lowest BCUT2D eigenvalue weighted by atomic mass is 9.89. The maximum atomic E-state index is 13.3. The SMILES string of the molecule is CCCCC(CC(=O)c1cnc(N2CCN(c3ccncc3)CC2)s1)Cc1c[nH]c2ccccc12. The number of anilines is 2. The molecule has 4 aromatic rings. The molecule has 1 N–H and O–H groups in total. The minimum absolute atomic E-state index is 0.227. The number of pyridine rings is 1. The first-order valence-electron chi connectivity index (χ1n) is 12.6. The molecule has 7 heteroatoms. The summed E-state index contributed by atoms with van der Waals surface area (Å²) in [5, 5.41) is 2.23. The van der Waals surface area contributed by atoms with Crippen LogP contribution >= 0.6 is 11.3 Å². The number of nitrogens with one attached hydrogen (secondary N) is 1. The number of ketones is 1. The van der Waals surface area contributed by atoms with Crippen LogP contribution in [-0.2, 0) is 6.42 Å². The number of piperazine rings is 1. The van der Waals surface area contributed by atoms with E-state index in [1.807, 2.05) is 12.4 Å². The fourth-order valence-corrected chi connectivity index (χ4v) is 5.91. The highest BCUT2D eigenvalue weighted by Gasteiger charge is 2.23. The van der Waals surface area contributed by atoms with Crippen molar-refractivity contribution in [2.75, 3.05) is 36.0 Å². The second-order valence-corrected chi connectivity index (χ2v) is 10.4. The number of carbonyl (C=O) groups excluding carboxylic acids is 1. The Labute approximate surface area is 211 Å². The zero-order valence-corrected chi connectivity index (χ0v) is 21.1. The van der Waals surface area contributed by atoms with Crippen molar-refractivity contribution in [2.24, 2.45) is 5.92 Å². The van der Waals surface area contributed by atoms with E-state index >= 15 is 0 Å². The molecule has 6 nitrogen and oxygen atoms in total. The molecule has 3 aromatic heterocycles. The normalized spacial score (nSPS) is 15.0. The number of para-hydroxylation sites is 1. The smallest absolute Gasteiger partial charge is 0.186 e. The average molecular weight is 488 g/mol. The number of carbonyl (C=O) groups is 1. The van der Waals surface area contributed by atoms with Crippen molar-refractivity contribution in [2.45, 2.75) is 39.0 Å². The van der Waals surface area contributed by atoms with Crippen LogP contribution in [-0.4, -0.2) is 46.9 Å². The second-order valence-electron chi connectivity index (χ2n) is 9.39. The molecule has 0 saturated carbocycles. The molecule has 1 aliphatic rings. The summed E-state index contributed by atoms with van der Waals surface area (Å²) in [7, 11) is 0. The van der Waals surface area contributed by atoms with E-state index in [0.29, 0.717) is 12.3 Å². The molecule has 1 saturated heterocycles. The fourth-order valence-electron chi connectivity index (χ4n) is 4.99. The Morgan fingerprint density at radius 3 is 2.66 bits per heavy atom. The first-order valence-corrected chi connectivity index (χ1v) is 13.5. The van der Waals surface area contributed by atoms with E-state index in [0.717, 1.165) is 61.9 Å². The number of aromatic nitrogens is 3. The summed E-state index contributed by atoms with van der Waals surface area (Å²) in [5.41, 5.74) is 3.69. The lowest BCUT2D eigenvalue weighted by Crippen LogP contribution is -2.46. The van der Waals surface area contributed by atoms with E-state index in [9.17, 15) is 4.79 Å². The van der Waals surface area contributed by atoms with E-state index in [1.54, 1.807) is 17.5 Å². The molecular formula is C28H33N5OS. The third kappa shape index (κ3) is 5.56. The van der Waals surface area contributed by atoms with Gasteiger partial charge in [0.25, 0.3) is 0 Å². The topological polar surface area (TPSA) is 65.1 Å². The van der Waals surface area contributed by atoms with Gasteiger partial charge in [-0.1, -0.05) is 49.3 Å². The lowest BCUT2D eigenvalue weighted by molar-refractivity contribution is 0.0962. The van der Waals surface area contributed by atoms with Gasteiger partial charge in [0.2, 0.25) is 0 Å². The van der Waals surface area contributed by atoms with Crippen molar-refractivity contribution in [1.29, 1.82) is 0 Å². The van der Waals surface area contributed by atoms with Crippen LogP contribution in [0.4, 0.5) is 10.8 Å². The maximum Gasteiger partial charge on any atom is 0.186 e. The van der Waals surface area contributed by atoms with Crippen LogP contribution in [0, 0.1) is 5.92 Å². The van der Waals surface area contributed by atoms with E-state index < -0.39 is 0 Å². The van der Waals surface area contributed by atoms with Gasteiger partial charge in [0, 0.05) is 67.8 Å². The van der Waals surface area contributed by atoms with Gasteiger partial charge in [-0.25, -0.2) is 4.98 Å². The van der Waals surface area contributed by atoms with E-state index in [-0.39, 0.29) is 5.78 Å². The molecule has 0 bridgehead atoms. The molecule has 182 valence electrons. The maximum absolute atomic E-state index is 13.3. The third-order valence-electron chi connectivity index (χ3n) is 6.97. The number of hydrogen-bond donors (Lipinski definition) is 1. The number of fused-ring (bicyclic) bond motifs is 1. The van der Waals surface area contributed by atoms with Crippen LogP contribution in [0.2, 0.25) is 0 Å². The zero-order chi connectivity index (χ0) is 24.0. The van der Waals surface area contributed by atoms with Gasteiger partial charge >= 0.3 is 0 Å². The molecule has 4 heterocycles. The zero-order valence-electron chi connectivity index (χ0n) is 20.3. The van der Waals surface area contributed by atoms with E-state index in [2.05, 4.69) is 74.3 Å². The summed E-state index contributed by atoms with van der Waals surface area (Å²) < 4.78 is 0. The van der Waals surface area contributed by atoms with Crippen molar-refractivity contribution >= 4 is 38.8 Å². The molecule has 0 radical (unpaired) electrons. The van der Waals surface area contributed by atoms with Crippen molar-refractivity contribution in [3.8, 4) is 0 Å². The van der Waals surface area contributed by atoms with Crippen LogP contribution in [0.15, 0.2) is 61.2 Å². The highest BCUT2D eigenvalue weighted by atomic mass is 32.1. The van der Waals surface area contributed by atoms with E-state index in [1.165, 1.54) is 22.2 Å². The van der Waals surface area contributed by atoms with Gasteiger partial charge in [0.1, 0.15) is 0 Å². The van der Waals surface area contributed by atoms with Crippen LogP contribution < -0.4 is 9.80 Å². The summed E-state index contributed by atoms with van der Waals surface area (Å²) in [6.45, 7) is 5.91. The highest BCUT2D eigenvalue weighted by Crippen LogP contribution is 2.29. The Kier molecular flexibility index (Phi) is 7.42. The number of H-pyrrole nitrogens is 1. The van der Waals surface area contributed by atoms with E-state index in [4.69, 9.17) is 0 Å². The van der Waals surface area contributed by atoms with Crippen LogP contribution in [0.25, 0.3) is 10.9 Å². The lowest BCUT2D eigenvalue weighted by Gasteiger charge is -2.35. The first kappa shape index (κ1) is 23.5. The monoisotopic (exact) mass is 487 g/mol. The number of nitrogens with zero attached hydrogens (tertiary/aromatic N) is 4. The Morgan fingerprint density at radius 1 is 1.09 bits per heavy atom. The Balaban J connectivity index is 1.21. The van der Waals surface area contributed by atoms with Crippen molar-refractivity contribution in [1.82, 2.24) is 15.0 Å². The number of aromatic amines is 1. The summed E-state index contributed by atoms with van der Waals surface area (Å²) in [6.07, 6.45) is 12.5. The summed E-state index contributed by atoms with van der Waals surface area (Å²) in [4.78, 5) is 30.9. The summed E-state index contributed by atoms with van der Waals surface area (Å²) >= 11 is 1.55. The van der Waals surface area contributed by atoms with Crippen LogP contribution in [0.1, 0.15) is 47.8 Å². The second kappa shape index (κ2) is 11.0. The Hall–Kier alpha value is -3.19. The largest absolute Gasteiger partial charge is 0.368 e. The van der Waals surface area contributed by atoms with Gasteiger partial charge in [-0.15, -0.1) is 0 Å². The first-order chi connectivity index (χ1) is 17.2. The minimum Gasteiger partial charge on any atom is -0.368 e. The van der Waals surface area contributed by atoms with Gasteiger partial charge < -0.3 is 14.8 Å². The Morgan fingerprint density at radius 2 is 1.86 bits per heavy atom. The average Bonchev–Trinajstić information content (AvgIpc) is 3.56. The molecule has 35 heavy (non-hydrogen) atoms. The van der Waals surface area contributed by atoms with Gasteiger partial charge in [0.05, 0.1) is 11.1 Å². The number of hydrogen-bond acceptors (Lipinski definition) is 6. The van der Waals surface area contributed by atoms with Gasteiger partial charge in [-0.3, -0.25) is 9.78 Å². The minimum atomic E-state index is 0.227. The van der Waals surface area contributed by atoms with Gasteiger partial charge in [-0.05, 0) is 42.5 Å². The van der Waals surface area contributed by atoms with Crippen molar-refractivity contribution < 1.29 is 4.79 Å². The number of unbranched alkanes of at least 4 members (excludes halogenated alkanes) is 1. The van der Waals surface area contributed by atoms with Crippen molar-refractivity contribution in [3.63, 3.8) is 0 Å². The van der Waals surface area contributed by atoms with Crippen LogP contribution in [0.3, 0.4) is 0 Å². The Bertz CT molecular complexity index is 1240. The van der Waals surface area contributed by atoms with Gasteiger partial charge in [-0.2, -0.15) is 0 Å². The molecule has 5 rings (SSSR count). The molecule has 1 aliphatic heterocycles. The third-order valence-corrected chi connectivity index (χ3v) is 8.07. The number of thiazole rings is 1. The quantitative estimate of drug-likeness (QED) is 0.279. The summed E-state index contributed by atoms with van der Waals surface area (Å²) in [5.74, 6) is 0.571. The molecular weight excluding hydrogens is 454 g/mol. The molecule has 1 fully saturated rings. The number of Topliss-reactive ketones (excluding diaryl/α,β-unsaturated/α-hetero) is 1. The predicted molar refractivity (Wildman–Crippen MR) is 145 cm³/mol. The predicted octanol–water partition coefficient (Wildman–Crippen LogP) is 5.97.